The molecule has 0 aliphatic rings. The van der Waals surface area contributed by atoms with Gasteiger partial charge in [0, 0.05) is 19.0 Å². The van der Waals surface area contributed by atoms with Gasteiger partial charge in [-0.1, -0.05) is 83.3 Å². The summed E-state index contributed by atoms with van der Waals surface area (Å²) in [7, 11) is 0. The molecule has 1 atom stereocenters. The molecule has 0 rings (SSSR count). The second kappa shape index (κ2) is 20.9. The summed E-state index contributed by atoms with van der Waals surface area (Å²) >= 11 is 0. The van der Waals surface area contributed by atoms with Gasteiger partial charge in [0.1, 0.15) is 0 Å². The van der Waals surface area contributed by atoms with Crippen LogP contribution in [0.3, 0.4) is 0 Å². The van der Waals surface area contributed by atoms with E-state index in [1.807, 2.05) is 13.8 Å². The van der Waals surface area contributed by atoms with Gasteiger partial charge >= 0.3 is 5.97 Å². The van der Waals surface area contributed by atoms with E-state index in [4.69, 9.17) is 5.11 Å². The Labute approximate surface area is 186 Å². The lowest BCUT2D eigenvalue weighted by molar-refractivity contribution is -0.144. The van der Waals surface area contributed by atoms with E-state index in [-0.39, 0.29) is 18.2 Å². The summed E-state index contributed by atoms with van der Waals surface area (Å²) in [5.74, 6) is -1.23. The fourth-order valence-corrected chi connectivity index (χ4v) is 3.96. The lowest BCUT2D eigenvalue weighted by Gasteiger charge is -2.24. The van der Waals surface area contributed by atoms with Gasteiger partial charge in [0.2, 0.25) is 5.91 Å². The average Bonchev–Trinajstić information content (AvgIpc) is 2.73. The van der Waals surface area contributed by atoms with E-state index in [1.54, 1.807) is 4.90 Å². The van der Waals surface area contributed by atoms with Gasteiger partial charge in [0.05, 0.1) is 6.42 Å². The highest BCUT2D eigenvalue weighted by Crippen LogP contribution is 2.18. The molecule has 0 saturated heterocycles. The minimum atomic E-state index is -0.871. The van der Waals surface area contributed by atoms with Crippen molar-refractivity contribution in [1.29, 1.82) is 0 Å². The maximum absolute atomic E-state index is 12.5. The van der Waals surface area contributed by atoms with Gasteiger partial charge < -0.3 is 10.0 Å². The summed E-state index contributed by atoms with van der Waals surface area (Å²) in [5.41, 5.74) is 0. The van der Waals surface area contributed by atoms with Crippen molar-refractivity contribution in [3.8, 4) is 0 Å². The maximum atomic E-state index is 12.5. The SMILES string of the molecule is CCCCCCCCC/C=C/CCCCCCCC(CC(=O)O)C(=O)N(CC)CC. The summed E-state index contributed by atoms with van der Waals surface area (Å²) in [6, 6.07) is 0. The molecule has 30 heavy (non-hydrogen) atoms. The largest absolute Gasteiger partial charge is 0.481 e. The van der Waals surface area contributed by atoms with E-state index in [2.05, 4.69) is 19.1 Å². The number of nitrogens with zero attached hydrogens (tertiary/aromatic N) is 1. The first kappa shape index (κ1) is 28.7. The normalized spacial score (nSPS) is 12.4. The fraction of sp³-hybridized carbons (Fsp3) is 0.846. The van der Waals surface area contributed by atoms with Gasteiger partial charge in [-0.15, -0.1) is 0 Å². The topological polar surface area (TPSA) is 57.6 Å². The molecule has 0 bridgehead atoms. The van der Waals surface area contributed by atoms with Gasteiger partial charge in [-0.05, 0) is 46.0 Å². The third kappa shape index (κ3) is 16.5. The lowest BCUT2D eigenvalue weighted by Crippen LogP contribution is -2.36. The Hall–Kier alpha value is -1.32. The van der Waals surface area contributed by atoms with Crippen molar-refractivity contribution in [1.82, 2.24) is 4.90 Å². The van der Waals surface area contributed by atoms with Crippen molar-refractivity contribution in [2.24, 2.45) is 5.92 Å². The minimum Gasteiger partial charge on any atom is -0.481 e. The molecule has 176 valence electrons. The Morgan fingerprint density at radius 3 is 1.67 bits per heavy atom. The van der Waals surface area contributed by atoms with Crippen molar-refractivity contribution < 1.29 is 14.7 Å². The quantitative estimate of drug-likeness (QED) is 0.155. The molecule has 0 aromatic heterocycles. The van der Waals surface area contributed by atoms with Gasteiger partial charge in [0.25, 0.3) is 0 Å². The Morgan fingerprint density at radius 1 is 0.733 bits per heavy atom. The van der Waals surface area contributed by atoms with E-state index in [0.717, 1.165) is 12.8 Å². The molecule has 0 radical (unpaired) electrons. The zero-order valence-electron chi connectivity index (χ0n) is 20.2. The van der Waals surface area contributed by atoms with Crippen molar-refractivity contribution in [3.05, 3.63) is 12.2 Å². The molecular weight excluding hydrogens is 374 g/mol. The number of hydrogen-bond donors (Lipinski definition) is 1. The van der Waals surface area contributed by atoms with Crippen molar-refractivity contribution >= 4 is 11.9 Å². The van der Waals surface area contributed by atoms with E-state index < -0.39 is 5.97 Å². The maximum Gasteiger partial charge on any atom is 0.304 e. The smallest absolute Gasteiger partial charge is 0.304 e. The summed E-state index contributed by atoms with van der Waals surface area (Å²) < 4.78 is 0. The molecule has 0 aromatic rings. The number of aliphatic carboxylic acids is 1. The Morgan fingerprint density at radius 2 is 1.20 bits per heavy atom. The van der Waals surface area contributed by atoms with Crippen LogP contribution < -0.4 is 0 Å². The number of carboxylic acid groups (broad SMARTS) is 1. The number of hydrogen-bond acceptors (Lipinski definition) is 2. The van der Waals surface area contributed by atoms with E-state index in [1.165, 1.54) is 77.0 Å². The molecule has 0 aliphatic heterocycles. The number of amides is 1. The van der Waals surface area contributed by atoms with Gasteiger partial charge in [-0.2, -0.15) is 0 Å². The van der Waals surface area contributed by atoms with Crippen LogP contribution in [0, 0.1) is 5.92 Å². The molecule has 1 unspecified atom stereocenters. The molecule has 1 N–H and O–H groups in total. The first-order valence-corrected chi connectivity index (χ1v) is 12.7. The van der Waals surface area contributed by atoms with Crippen LogP contribution in [0.25, 0.3) is 0 Å². The van der Waals surface area contributed by atoms with Gasteiger partial charge in [0.15, 0.2) is 0 Å². The Kier molecular flexibility index (Phi) is 20.0. The first-order chi connectivity index (χ1) is 14.6. The number of allylic oxidation sites excluding steroid dienone is 2. The zero-order valence-corrected chi connectivity index (χ0v) is 20.2. The highest BCUT2D eigenvalue weighted by atomic mass is 16.4. The fourth-order valence-electron chi connectivity index (χ4n) is 3.96. The predicted molar refractivity (Wildman–Crippen MR) is 128 cm³/mol. The van der Waals surface area contributed by atoms with Crippen LogP contribution in [0.4, 0.5) is 0 Å². The van der Waals surface area contributed by atoms with Crippen molar-refractivity contribution in [3.63, 3.8) is 0 Å². The third-order valence-electron chi connectivity index (χ3n) is 5.91. The number of carbonyl (C=O) groups is 2. The first-order valence-electron chi connectivity index (χ1n) is 12.7. The van der Waals surface area contributed by atoms with Crippen LogP contribution in [-0.4, -0.2) is 35.0 Å². The van der Waals surface area contributed by atoms with Crippen molar-refractivity contribution in [2.45, 2.75) is 124 Å². The number of unbranched alkanes of at least 4 members (excludes halogenated alkanes) is 12. The molecule has 1 amide bonds. The van der Waals surface area contributed by atoms with Crippen LogP contribution in [-0.2, 0) is 9.59 Å². The third-order valence-corrected chi connectivity index (χ3v) is 5.91. The molecule has 4 heteroatoms. The molecule has 4 nitrogen and oxygen atoms in total. The van der Waals surface area contributed by atoms with Gasteiger partial charge in [-0.25, -0.2) is 0 Å². The number of carbonyl (C=O) groups excluding carboxylic acids is 1. The molecule has 0 aromatic carbocycles. The number of rotatable bonds is 21. The standard InChI is InChI=1S/C26H49NO3/c1-4-7-8-9-10-11-12-13-14-15-16-17-18-19-20-21-22-24(23-25(28)29)26(30)27(5-2)6-3/h14-15,24H,4-13,16-23H2,1-3H3,(H,28,29)/b15-14+. The van der Waals surface area contributed by atoms with E-state index in [0.29, 0.717) is 19.5 Å². The zero-order chi connectivity index (χ0) is 22.5. The summed E-state index contributed by atoms with van der Waals surface area (Å²) in [6.45, 7) is 7.46. The van der Waals surface area contributed by atoms with Crippen LogP contribution in [0.15, 0.2) is 12.2 Å². The molecule has 0 spiro atoms. The predicted octanol–water partition coefficient (Wildman–Crippen LogP) is 7.37. The van der Waals surface area contributed by atoms with Crippen molar-refractivity contribution in [2.75, 3.05) is 13.1 Å². The van der Waals surface area contributed by atoms with Crippen LogP contribution in [0.1, 0.15) is 124 Å². The molecule has 0 heterocycles. The second-order valence-electron chi connectivity index (χ2n) is 8.53. The Bertz CT molecular complexity index is 444. The van der Waals surface area contributed by atoms with Crippen LogP contribution in [0.2, 0.25) is 0 Å². The molecular formula is C26H49NO3. The lowest BCUT2D eigenvalue weighted by atomic mass is 9.95. The molecule has 0 aliphatic carbocycles. The summed E-state index contributed by atoms with van der Waals surface area (Å²) in [5, 5.41) is 9.12. The van der Waals surface area contributed by atoms with Gasteiger partial charge in [-0.3, -0.25) is 9.59 Å². The average molecular weight is 424 g/mol. The summed E-state index contributed by atoms with van der Waals surface area (Å²) in [6.07, 6.45) is 23.0. The minimum absolute atomic E-state index is 0.00787. The highest BCUT2D eigenvalue weighted by molar-refractivity contribution is 5.83. The molecule has 0 saturated carbocycles. The molecule has 0 fully saturated rings. The second-order valence-corrected chi connectivity index (χ2v) is 8.53. The van der Waals surface area contributed by atoms with E-state index >= 15 is 0 Å². The number of carboxylic acids is 1. The Balaban J connectivity index is 3.71. The van der Waals surface area contributed by atoms with E-state index in [9.17, 15) is 9.59 Å². The van der Waals surface area contributed by atoms with Crippen LogP contribution >= 0.6 is 0 Å². The van der Waals surface area contributed by atoms with Crippen LogP contribution in [0.5, 0.6) is 0 Å². The summed E-state index contributed by atoms with van der Waals surface area (Å²) in [4.78, 5) is 25.4. The monoisotopic (exact) mass is 423 g/mol. The highest BCUT2D eigenvalue weighted by Gasteiger charge is 2.24.